The summed E-state index contributed by atoms with van der Waals surface area (Å²) < 4.78 is 8.69. The average Bonchev–Trinajstić information content (AvgIpc) is 1.89. The zero-order valence-electron chi connectivity index (χ0n) is 6.05. The number of carbonyl (C=O) groups is 2. The van der Waals surface area contributed by atoms with Crippen molar-refractivity contribution in [2.45, 2.75) is 13.8 Å². The van der Waals surface area contributed by atoms with Crippen LogP contribution in [0.3, 0.4) is 0 Å². The summed E-state index contributed by atoms with van der Waals surface area (Å²) in [6, 6.07) is 0. The molecule has 0 aliphatic heterocycles. The van der Waals surface area contributed by atoms with Gasteiger partial charge in [-0.3, -0.25) is 0 Å². The van der Waals surface area contributed by atoms with Crippen molar-refractivity contribution in [1.82, 2.24) is 0 Å². The molecule has 0 rings (SSSR count). The minimum atomic E-state index is -0.927. The highest BCUT2D eigenvalue weighted by atomic mass is 16.8. The van der Waals surface area contributed by atoms with Crippen molar-refractivity contribution in [1.29, 1.82) is 0 Å². The van der Waals surface area contributed by atoms with Crippen LogP contribution >= 0.6 is 0 Å². The van der Waals surface area contributed by atoms with Gasteiger partial charge in [0.05, 0.1) is 13.2 Å². The fourth-order valence-corrected chi connectivity index (χ4v) is 0.380. The van der Waals surface area contributed by atoms with E-state index < -0.39 is 11.9 Å². The quantitative estimate of drug-likeness (QED) is 0.412. The maximum absolute atomic E-state index is 10.4. The lowest BCUT2D eigenvalue weighted by Gasteiger charge is -1.99. The third-order valence-corrected chi connectivity index (χ3v) is 0.718. The molecule has 0 unspecified atom stereocenters. The fourth-order valence-electron chi connectivity index (χ4n) is 0.380. The summed E-state index contributed by atoms with van der Waals surface area (Å²) >= 11 is 0. The molecule has 0 radical (unpaired) electrons. The second-order valence-electron chi connectivity index (χ2n) is 1.44. The van der Waals surface area contributed by atoms with E-state index in [2.05, 4.69) is 9.47 Å². The van der Waals surface area contributed by atoms with Crippen LogP contribution in [0, 0.1) is 0 Å². The first-order chi connectivity index (χ1) is 4.72. The van der Waals surface area contributed by atoms with Crippen molar-refractivity contribution in [3.63, 3.8) is 0 Å². The summed E-state index contributed by atoms with van der Waals surface area (Å²) in [5, 5.41) is 0. The van der Waals surface area contributed by atoms with Crippen LogP contribution in [0.25, 0.3) is 0 Å². The maximum Gasteiger partial charge on any atom is 0.417 e. The molecule has 0 saturated carbocycles. The smallest absolute Gasteiger partial charge is 0.417 e. The molecule has 0 N–H and O–H groups in total. The number of rotatable bonds is 2. The molecule has 0 fully saturated rings. The Morgan fingerprint density at radius 3 is 2.40 bits per heavy atom. The summed E-state index contributed by atoms with van der Waals surface area (Å²) in [5.41, 5.74) is 0. The standard InChI is InChI=1S/C6H10O4/c1-3-9-5(7)6(8)10-4-2/h3-4H2,1-2H3/i5+2. The average molecular weight is 148 g/mol. The summed E-state index contributed by atoms with van der Waals surface area (Å²) in [4.78, 5) is 20.9. The van der Waals surface area contributed by atoms with Crippen LogP contribution in [-0.2, 0) is 19.1 Å². The Hall–Kier alpha value is -1.06. The van der Waals surface area contributed by atoms with Crippen LogP contribution < -0.4 is 0 Å². The van der Waals surface area contributed by atoms with E-state index in [0.29, 0.717) is 0 Å². The fraction of sp³-hybridized carbons (Fsp3) is 0.667. The topological polar surface area (TPSA) is 52.6 Å². The van der Waals surface area contributed by atoms with Gasteiger partial charge in [-0.15, -0.1) is 0 Å². The van der Waals surface area contributed by atoms with E-state index in [4.69, 9.17) is 0 Å². The predicted molar refractivity (Wildman–Crippen MR) is 33.3 cm³/mol. The van der Waals surface area contributed by atoms with Crippen LogP contribution in [0.1, 0.15) is 13.8 Å². The molecule has 10 heavy (non-hydrogen) atoms. The Labute approximate surface area is 59.1 Å². The predicted octanol–water partition coefficient (Wildman–Crippen LogP) is 0.113. The minimum Gasteiger partial charge on any atom is -0.458 e. The van der Waals surface area contributed by atoms with E-state index in [1.807, 2.05) is 0 Å². The second kappa shape index (κ2) is 4.78. The summed E-state index contributed by atoms with van der Waals surface area (Å²) in [6.45, 7) is 3.63. The number of ether oxygens (including phenoxy) is 2. The lowest BCUT2D eigenvalue weighted by Crippen LogP contribution is -2.19. The largest absolute Gasteiger partial charge is 0.458 e. The first-order valence-electron chi connectivity index (χ1n) is 3.06. The molecule has 0 amide bonds. The van der Waals surface area contributed by atoms with Crippen LogP contribution in [0.15, 0.2) is 0 Å². The molecule has 4 nitrogen and oxygen atoms in total. The van der Waals surface area contributed by atoms with E-state index in [1.54, 1.807) is 13.8 Å². The minimum absolute atomic E-state index is 0.192. The van der Waals surface area contributed by atoms with E-state index in [0.717, 1.165) is 0 Å². The third kappa shape index (κ3) is 3.06. The van der Waals surface area contributed by atoms with Crippen molar-refractivity contribution in [3.8, 4) is 0 Å². The molecule has 0 aromatic heterocycles. The number of carbonyl (C=O) groups excluding carboxylic acids is 2. The van der Waals surface area contributed by atoms with Gasteiger partial charge in [0, 0.05) is 0 Å². The Balaban J connectivity index is 3.60. The van der Waals surface area contributed by atoms with Gasteiger partial charge < -0.3 is 9.47 Å². The second-order valence-corrected chi connectivity index (χ2v) is 1.44. The van der Waals surface area contributed by atoms with Gasteiger partial charge in [-0.1, -0.05) is 0 Å². The highest BCUT2D eigenvalue weighted by molar-refractivity contribution is 6.29. The van der Waals surface area contributed by atoms with Gasteiger partial charge in [0.15, 0.2) is 0 Å². The van der Waals surface area contributed by atoms with Gasteiger partial charge in [-0.05, 0) is 13.8 Å². The molecule has 0 bridgehead atoms. The zero-order valence-corrected chi connectivity index (χ0v) is 6.05. The first-order valence-corrected chi connectivity index (χ1v) is 3.06. The zero-order chi connectivity index (χ0) is 7.98. The van der Waals surface area contributed by atoms with Crippen LogP contribution in [0.2, 0.25) is 0 Å². The number of hydrogen-bond donors (Lipinski definition) is 0. The third-order valence-electron chi connectivity index (χ3n) is 0.718. The molecule has 0 atom stereocenters. The van der Waals surface area contributed by atoms with Gasteiger partial charge in [-0.2, -0.15) is 0 Å². The van der Waals surface area contributed by atoms with Crippen molar-refractivity contribution in [3.05, 3.63) is 0 Å². The van der Waals surface area contributed by atoms with Gasteiger partial charge in [0.25, 0.3) is 0 Å². The van der Waals surface area contributed by atoms with Crippen LogP contribution in [0.4, 0.5) is 0 Å². The molecule has 0 aliphatic rings. The molecular formula is C6H10O4. The molecular weight excluding hydrogens is 138 g/mol. The van der Waals surface area contributed by atoms with Crippen molar-refractivity contribution < 1.29 is 19.1 Å². The highest BCUT2D eigenvalue weighted by Gasteiger charge is 2.14. The molecule has 0 aliphatic carbocycles. The maximum atomic E-state index is 10.4. The van der Waals surface area contributed by atoms with E-state index >= 15 is 0 Å². The first kappa shape index (κ1) is 8.94. The Morgan fingerprint density at radius 1 is 1.40 bits per heavy atom. The lowest BCUT2D eigenvalue weighted by molar-refractivity contribution is -0.167. The SMILES string of the molecule is CCOC(=O)[14C](=O)OCC. The summed E-state index contributed by atoms with van der Waals surface area (Å²) in [6.07, 6.45) is 0. The molecule has 0 spiro atoms. The Bertz CT molecular complexity index is 114. The van der Waals surface area contributed by atoms with E-state index in [1.165, 1.54) is 0 Å². The molecule has 58 valence electrons. The Kier molecular flexibility index (Phi) is 4.28. The monoisotopic (exact) mass is 148 g/mol. The molecule has 0 aromatic carbocycles. The number of esters is 2. The van der Waals surface area contributed by atoms with Crippen molar-refractivity contribution >= 4 is 11.9 Å². The van der Waals surface area contributed by atoms with Gasteiger partial charge in [-0.25, -0.2) is 9.59 Å². The molecule has 4 heteroatoms. The number of hydrogen-bond acceptors (Lipinski definition) is 4. The lowest BCUT2D eigenvalue weighted by atomic mass is 10.9. The van der Waals surface area contributed by atoms with E-state index in [9.17, 15) is 9.59 Å². The normalized spacial score (nSPS) is 8.60. The van der Waals surface area contributed by atoms with Crippen LogP contribution in [0.5, 0.6) is 0 Å². The summed E-state index contributed by atoms with van der Waals surface area (Å²) in [7, 11) is 0. The Morgan fingerprint density at radius 2 is 2.00 bits per heavy atom. The van der Waals surface area contributed by atoms with Crippen molar-refractivity contribution in [2.24, 2.45) is 0 Å². The van der Waals surface area contributed by atoms with Gasteiger partial charge >= 0.3 is 11.9 Å². The van der Waals surface area contributed by atoms with Crippen molar-refractivity contribution in [2.75, 3.05) is 13.2 Å². The highest BCUT2D eigenvalue weighted by Crippen LogP contribution is 1.82. The molecule has 0 heterocycles. The molecule has 0 saturated heterocycles. The van der Waals surface area contributed by atoms with Crippen LogP contribution in [-0.4, -0.2) is 25.2 Å². The van der Waals surface area contributed by atoms with Gasteiger partial charge in [0.2, 0.25) is 0 Å². The molecule has 0 aromatic rings. The summed E-state index contributed by atoms with van der Waals surface area (Å²) in [5.74, 6) is -1.85. The van der Waals surface area contributed by atoms with Gasteiger partial charge in [0.1, 0.15) is 0 Å². The van der Waals surface area contributed by atoms with E-state index in [-0.39, 0.29) is 13.2 Å².